The average molecular weight is 192 g/mol. The maximum atomic E-state index is 9.91. The molecule has 0 radical (unpaired) electrons. The third-order valence-electron chi connectivity index (χ3n) is 2.37. The maximum absolute atomic E-state index is 9.91. The Morgan fingerprint density at radius 1 is 1.50 bits per heavy atom. The number of furan rings is 1. The van der Waals surface area contributed by atoms with Crippen molar-refractivity contribution in [3.05, 3.63) is 24.0 Å². The topological polar surface area (TPSA) is 42.6 Å². The number of phenols is 1. The van der Waals surface area contributed by atoms with Crippen LogP contribution in [0.5, 0.6) is 11.5 Å². The van der Waals surface area contributed by atoms with E-state index in [1.165, 1.54) is 0 Å². The van der Waals surface area contributed by atoms with E-state index in [0.29, 0.717) is 11.3 Å². The predicted molar refractivity (Wildman–Crippen MR) is 53.8 cm³/mol. The van der Waals surface area contributed by atoms with Crippen molar-refractivity contribution in [1.29, 1.82) is 0 Å². The lowest BCUT2D eigenvalue weighted by molar-refractivity contribution is 0.401. The molecule has 0 saturated heterocycles. The molecule has 0 saturated carbocycles. The molecule has 2 rings (SSSR count). The molecule has 74 valence electrons. The lowest BCUT2D eigenvalue weighted by Crippen LogP contribution is -1.91. The van der Waals surface area contributed by atoms with Crippen molar-refractivity contribution in [3.8, 4) is 11.5 Å². The highest BCUT2D eigenvalue weighted by molar-refractivity contribution is 5.87. The summed E-state index contributed by atoms with van der Waals surface area (Å²) in [6.45, 7) is 1.98. The van der Waals surface area contributed by atoms with E-state index in [9.17, 15) is 5.11 Å². The Morgan fingerprint density at radius 3 is 2.93 bits per heavy atom. The smallest absolute Gasteiger partial charge is 0.141 e. The minimum absolute atomic E-state index is 0.260. The molecule has 1 aromatic carbocycles. The summed E-state index contributed by atoms with van der Waals surface area (Å²) in [7, 11) is 1.59. The number of phenolic OH excluding ortho intramolecular Hbond substituents is 1. The summed E-state index contributed by atoms with van der Waals surface area (Å²) in [6, 6.07) is 3.55. The van der Waals surface area contributed by atoms with E-state index in [1.54, 1.807) is 25.5 Å². The monoisotopic (exact) mass is 192 g/mol. The lowest BCUT2D eigenvalue weighted by atomic mass is 10.1. The first-order valence-corrected chi connectivity index (χ1v) is 4.54. The van der Waals surface area contributed by atoms with Crippen molar-refractivity contribution in [2.45, 2.75) is 13.3 Å². The van der Waals surface area contributed by atoms with E-state index >= 15 is 0 Å². The second kappa shape index (κ2) is 3.25. The van der Waals surface area contributed by atoms with Gasteiger partial charge in [0, 0.05) is 11.6 Å². The molecule has 0 unspecified atom stereocenters. The van der Waals surface area contributed by atoms with Crippen molar-refractivity contribution in [3.63, 3.8) is 0 Å². The number of ether oxygens (including phenoxy) is 1. The zero-order chi connectivity index (χ0) is 10.1. The van der Waals surface area contributed by atoms with Crippen molar-refractivity contribution in [2.24, 2.45) is 0 Å². The molecular formula is C11H12O3. The van der Waals surface area contributed by atoms with Crippen LogP contribution in [0, 0.1) is 0 Å². The number of methoxy groups -OCH3 is 1. The van der Waals surface area contributed by atoms with Crippen molar-refractivity contribution < 1.29 is 14.3 Å². The third kappa shape index (κ3) is 1.13. The second-order valence-electron chi connectivity index (χ2n) is 3.09. The third-order valence-corrected chi connectivity index (χ3v) is 2.37. The fourth-order valence-electron chi connectivity index (χ4n) is 1.64. The Morgan fingerprint density at radius 2 is 2.29 bits per heavy atom. The molecule has 1 N–H and O–H groups in total. The summed E-state index contributed by atoms with van der Waals surface area (Å²) in [4.78, 5) is 0. The highest BCUT2D eigenvalue weighted by Crippen LogP contribution is 2.36. The van der Waals surface area contributed by atoms with Gasteiger partial charge in [-0.3, -0.25) is 0 Å². The van der Waals surface area contributed by atoms with E-state index in [-0.39, 0.29) is 5.75 Å². The highest BCUT2D eigenvalue weighted by atomic mass is 16.5. The molecule has 0 spiro atoms. The van der Waals surface area contributed by atoms with Gasteiger partial charge in [0.15, 0.2) is 0 Å². The Labute approximate surface area is 81.9 Å². The second-order valence-corrected chi connectivity index (χ2v) is 3.09. The summed E-state index contributed by atoms with van der Waals surface area (Å²) >= 11 is 0. The molecular weight excluding hydrogens is 180 g/mol. The molecule has 0 aliphatic rings. The van der Waals surface area contributed by atoms with Crippen molar-refractivity contribution >= 4 is 11.0 Å². The number of rotatable bonds is 2. The van der Waals surface area contributed by atoms with Gasteiger partial charge in [-0.2, -0.15) is 0 Å². The van der Waals surface area contributed by atoms with E-state index in [1.807, 2.05) is 6.92 Å². The molecule has 0 bridgehead atoms. The zero-order valence-electron chi connectivity index (χ0n) is 8.20. The van der Waals surface area contributed by atoms with Gasteiger partial charge in [-0.1, -0.05) is 6.92 Å². The van der Waals surface area contributed by atoms with E-state index in [0.717, 1.165) is 17.4 Å². The van der Waals surface area contributed by atoms with Crippen LogP contribution in [0.1, 0.15) is 12.5 Å². The summed E-state index contributed by atoms with van der Waals surface area (Å²) in [5.41, 5.74) is 1.47. The van der Waals surface area contributed by atoms with Gasteiger partial charge in [-0.05, 0) is 12.5 Å². The summed E-state index contributed by atoms with van der Waals surface area (Å²) in [5.74, 6) is 0.933. The van der Waals surface area contributed by atoms with Crippen LogP contribution in [0.4, 0.5) is 0 Å². The van der Waals surface area contributed by atoms with Gasteiger partial charge < -0.3 is 14.3 Å². The Hall–Kier alpha value is -1.64. The van der Waals surface area contributed by atoms with Crippen LogP contribution in [-0.4, -0.2) is 12.2 Å². The first-order chi connectivity index (χ1) is 6.77. The molecule has 0 aliphatic heterocycles. The number of aromatic hydroxyl groups is 1. The lowest BCUT2D eigenvalue weighted by Gasteiger charge is -2.08. The van der Waals surface area contributed by atoms with Crippen LogP contribution >= 0.6 is 0 Å². The van der Waals surface area contributed by atoms with Crippen LogP contribution in [0.25, 0.3) is 11.0 Å². The largest absolute Gasteiger partial charge is 0.507 e. The molecule has 1 aromatic heterocycles. The first kappa shape index (κ1) is 8.94. The maximum Gasteiger partial charge on any atom is 0.141 e. The van der Waals surface area contributed by atoms with Crippen LogP contribution in [-0.2, 0) is 6.42 Å². The average Bonchev–Trinajstić information content (AvgIpc) is 2.65. The van der Waals surface area contributed by atoms with Gasteiger partial charge >= 0.3 is 0 Å². The van der Waals surface area contributed by atoms with E-state index in [2.05, 4.69) is 0 Å². The molecule has 3 heteroatoms. The van der Waals surface area contributed by atoms with Crippen LogP contribution in [0.2, 0.25) is 0 Å². The Kier molecular flexibility index (Phi) is 2.08. The molecule has 3 nitrogen and oxygen atoms in total. The zero-order valence-corrected chi connectivity index (χ0v) is 8.20. The van der Waals surface area contributed by atoms with Crippen LogP contribution in [0.3, 0.4) is 0 Å². The van der Waals surface area contributed by atoms with Gasteiger partial charge in [-0.15, -0.1) is 0 Å². The first-order valence-electron chi connectivity index (χ1n) is 4.54. The van der Waals surface area contributed by atoms with Gasteiger partial charge in [0.05, 0.1) is 18.8 Å². The fraction of sp³-hybridized carbons (Fsp3) is 0.273. The van der Waals surface area contributed by atoms with Crippen molar-refractivity contribution in [2.75, 3.05) is 7.11 Å². The number of hydrogen-bond acceptors (Lipinski definition) is 3. The van der Waals surface area contributed by atoms with Gasteiger partial charge in [0.1, 0.15) is 17.1 Å². The predicted octanol–water partition coefficient (Wildman–Crippen LogP) is 2.71. The minimum Gasteiger partial charge on any atom is -0.507 e. The molecule has 0 fully saturated rings. The summed E-state index contributed by atoms with van der Waals surface area (Å²) < 4.78 is 10.4. The molecule has 0 amide bonds. The Bertz CT molecular complexity index is 457. The van der Waals surface area contributed by atoms with Gasteiger partial charge in [0.2, 0.25) is 0 Å². The quantitative estimate of drug-likeness (QED) is 0.795. The molecule has 14 heavy (non-hydrogen) atoms. The van der Waals surface area contributed by atoms with Crippen LogP contribution < -0.4 is 4.74 Å². The van der Waals surface area contributed by atoms with Gasteiger partial charge in [-0.25, -0.2) is 0 Å². The standard InChI is InChI=1S/C11H12O3/c1-3-7-9(13-2)6-10-8(11(7)12)4-5-14-10/h4-6,12H,3H2,1-2H3. The summed E-state index contributed by atoms with van der Waals surface area (Å²) in [6.07, 6.45) is 2.29. The fourth-order valence-corrected chi connectivity index (χ4v) is 1.64. The number of hydrogen-bond donors (Lipinski definition) is 1. The normalized spacial score (nSPS) is 10.7. The number of benzene rings is 1. The Balaban J connectivity index is 2.79. The van der Waals surface area contributed by atoms with Gasteiger partial charge in [0.25, 0.3) is 0 Å². The van der Waals surface area contributed by atoms with E-state index in [4.69, 9.17) is 9.15 Å². The van der Waals surface area contributed by atoms with Crippen molar-refractivity contribution in [1.82, 2.24) is 0 Å². The summed E-state index contributed by atoms with van der Waals surface area (Å²) in [5, 5.41) is 10.6. The molecule has 0 atom stereocenters. The molecule has 2 aromatic rings. The molecule has 0 aliphatic carbocycles. The minimum atomic E-state index is 0.260. The van der Waals surface area contributed by atoms with E-state index < -0.39 is 0 Å². The SMILES string of the molecule is CCc1c(OC)cc2occc2c1O. The van der Waals surface area contributed by atoms with Crippen LogP contribution in [0.15, 0.2) is 22.8 Å². The molecule has 1 heterocycles. The highest BCUT2D eigenvalue weighted by Gasteiger charge is 2.13. The number of fused-ring (bicyclic) bond motifs is 1.